The van der Waals surface area contributed by atoms with Gasteiger partial charge in [0.05, 0.1) is 17.4 Å². The molecule has 0 atom stereocenters. The van der Waals surface area contributed by atoms with Crippen LogP contribution in [0.1, 0.15) is 18.7 Å². The standard InChI is InChI=1S/C25H21Cl2N5O/c1-31-13-12-28-23(31)16-4-2-5-17(9-8-16)24-30-21-11-10-18(26)14-20(21)25(33)32(24)22-7-3-6-19(27)15-29-22/h3-5,7-11,14-15H,2,6,12-13H2,1H3. The van der Waals surface area contributed by atoms with Gasteiger partial charge in [-0.05, 0) is 30.7 Å². The van der Waals surface area contributed by atoms with Crippen LogP contribution in [0.4, 0.5) is 0 Å². The van der Waals surface area contributed by atoms with Crippen molar-refractivity contribution in [3.63, 3.8) is 0 Å². The lowest BCUT2D eigenvalue weighted by atomic mass is 10.1. The molecular weight excluding hydrogens is 457 g/mol. The second-order valence-electron chi connectivity index (χ2n) is 7.92. The van der Waals surface area contributed by atoms with E-state index in [1.165, 1.54) is 4.57 Å². The lowest BCUT2D eigenvalue weighted by Crippen LogP contribution is -2.30. The number of halogens is 2. The Labute approximate surface area is 201 Å². The Kier molecular flexibility index (Phi) is 5.87. The van der Waals surface area contributed by atoms with Gasteiger partial charge in [0.1, 0.15) is 17.5 Å². The number of aliphatic imine (C=N–C) groups is 2. The third-order valence-corrected chi connectivity index (χ3v) is 6.16. The molecule has 5 rings (SSSR count). The summed E-state index contributed by atoms with van der Waals surface area (Å²) < 4.78 is 1.53. The molecule has 0 saturated heterocycles. The topological polar surface area (TPSA) is 62.9 Å². The van der Waals surface area contributed by atoms with Crippen LogP contribution in [0, 0.1) is 0 Å². The van der Waals surface area contributed by atoms with E-state index >= 15 is 0 Å². The highest BCUT2D eigenvalue weighted by Gasteiger charge is 2.20. The first kappa shape index (κ1) is 21.6. The summed E-state index contributed by atoms with van der Waals surface area (Å²) in [6, 6.07) is 5.14. The Hall–Kier alpha value is -3.22. The maximum absolute atomic E-state index is 13.6. The molecule has 0 spiro atoms. The van der Waals surface area contributed by atoms with Crippen molar-refractivity contribution >= 4 is 51.3 Å². The fraction of sp³-hybridized carbons (Fsp3) is 0.200. The summed E-state index contributed by atoms with van der Waals surface area (Å²) in [4.78, 5) is 29.7. The molecule has 6 nitrogen and oxygen atoms in total. The van der Waals surface area contributed by atoms with Crippen molar-refractivity contribution in [2.45, 2.75) is 12.8 Å². The number of rotatable bonds is 2. The van der Waals surface area contributed by atoms with Gasteiger partial charge in [0.25, 0.3) is 5.56 Å². The Morgan fingerprint density at radius 1 is 1.06 bits per heavy atom. The highest BCUT2D eigenvalue weighted by atomic mass is 35.5. The van der Waals surface area contributed by atoms with Gasteiger partial charge in [0.15, 0.2) is 0 Å². The van der Waals surface area contributed by atoms with Crippen LogP contribution in [0.25, 0.3) is 16.5 Å². The smallest absolute Gasteiger partial charge is 0.267 e. The number of likely N-dealkylation sites (N-methyl/N-ethyl adjacent to an activating group) is 1. The number of hydrogen-bond acceptors (Lipinski definition) is 5. The van der Waals surface area contributed by atoms with E-state index in [-0.39, 0.29) is 5.56 Å². The van der Waals surface area contributed by atoms with E-state index in [0.29, 0.717) is 45.5 Å². The number of allylic oxidation sites excluding steroid dienone is 7. The van der Waals surface area contributed by atoms with Crippen LogP contribution in [-0.2, 0) is 0 Å². The summed E-state index contributed by atoms with van der Waals surface area (Å²) in [5, 5.41) is 1.50. The molecule has 3 aliphatic rings. The van der Waals surface area contributed by atoms with Crippen molar-refractivity contribution in [2.24, 2.45) is 9.98 Å². The quantitative estimate of drug-likeness (QED) is 0.614. The minimum Gasteiger partial charge on any atom is -0.358 e. The van der Waals surface area contributed by atoms with E-state index in [4.69, 9.17) is 28.2 Å². The summed E-state index contributed by atoms with van der Waals surface area (Å²) in [6.07, 6.45) is 14.7. The number of amidine groups is 1. The van der Waals surface area contributed by atoms with Crippen molar-refractivity contribution in [1.82, 2.24) is 14.5 Å². The normalized spacial score (nSPS) is 18.4. The van der Waals surface area contributed by atoms with E-state index in [9.17, 15) is 4.79 Å². The number of hydrogen-bond donors (Lipinski definition) is 0. The third kappa shape index (κ3) is 4.24. The molecule has 33 heavy (non-hydrogen) atoms. The molecular formula is C25H21Cl2N5O. The Morgan fingerprint density at radius 3 is 2.70 bits per heavy atom. The minimum atomic E-state index is -0.237. The van der Waals surface area contributed by atoms with E-state index in [2.05, 4.69) is 27.0 Å². The van der Waals surface area contributed by atoms with Gasteiger partial charge in [-0.2, -0.15) is 0 Å². The molecule has 1 aromatic carbocycles. The summed E-state index contributed by atoms with van der Waals surface area (Å²) >= 11 is 12.3. The first-order valence-corrected chi connectivity index (χ1v) is 11.4. The zero-order chi connectivity index (χ0) is 22.9. The van der Waals surface area contributed by atoms with Crippen LogP contribution in [0.2, 0.25) is 5.02 Å². The Morgan fingerprint density at radius 2 is 1.88 bits per heavy atom. The molecule has 2 aromatic rings. The number of nitrogens with zero attached hydrogens (tertiary/aromatic N) is 5. The van der Waals surface area contributed by atoms with E-state index in [1.54, 1.807) is 30.5 Å². The van der Waals surface area contributed by atoms with Gasteiger partial charge < -0.3 is 4.90 Å². The predicted molar refractivity (Wildman–Crippen MR) is 136 cm³/mol. The van der Waals surface area contributed by atoms with E-state index < -0.39 is 0 Å². The van der Waals surface area contributed by atoms with Gasteiger partial charge in [-0.3, -0.25) is 9.79 Å². The fourth-order valence-corrected chi connectivity index (χ4v) is 4.32. The molecule has 1 aliphatic carbocycles. The van der Waals surface area contributed by atoms with E-state index in [0.717, 1.165) is 30.1 Å². The lowest BCUT2D eigenvalue weighted by Gasteiger charge is -2.15. The predicted octanol–water partition coefficient (Wildman–Crippen LogP) is 4.95. The van der Waals surface area contributed by atoms with Crippen molar-refractivity contribution in [3.8, 4) is 0 Å². The molecule has 0 unspecified atom stereocenters. The monoisotopic (exact) mass is 477 g/mol. The van der Waals surface area contributed by atoms with Crippen LogP contribution >= 0.6 is 23.2 Å². The van der Waals surface area contributed by atoms with Crippen molar-refractivity contribution in [1.29, 1.82) is 0 Å². The molecule has 1 aromatic heterocycles. The lowest BCUT2D eigenvalue weighted by molar-refractivity contribution is 0.556. The maximum atomic E-state index is 13.6. The SMILES string of the molecule is CN1CCN=C1C1=CCC=C(c2nc3ccc(Cl)cc3c(=O)n2C2=NC=C(Cl)CC=C2)C=C1. The summed E-state index contributed by atoms with van der Waals surface area (Å²) in [6.45, 7) is 1.71. The molecule has 0 radical (unpaired) electrons. The van der Waals surface area contributed by atoms with Crippen LogP contribution in [-0.4, -0.2) is 46.3 Å². The number of aromatic nitrogens is 2. The van der Waals surface area contributed by atoms with Crippen molar-refractivity contribution in [3.05, 3.63) is 92.7 Å². The molecule has 0 saturated carbocycles. The Balaban J connectivity index is 1.67. The number of benzene rings is 1. The van der Waals surface area contributed by atoms with Crippen LogP contribution < -0.4 is 5.56 Å². The van der Waals surface area contributed by atoms with Gasteiger partial charge in [-0.15, -0.1) is 0 Å². The van der Waals surface area contributed by atoms with Gasteiger partial charge in [-0.1, -0.05) is 53.6 Å². The Bertz CT molecular complexity index is 1420. The molecule has 8 heteroatoms. The van der Waals surface area contributed by atoms with Gasteiger partial charge in [0.2, 0.25) is 0 Å². The van der Waals surface area contributed by atoms with E-state index in [1.807, 2.05) is 25.3 Å². The molecule has 166 valence electrons. The summed E-state index contributed by atoms with van der Waals surface area (Å²) in [5.41, 5.74) is 2.23. The van der Waals surface area contributed by atoms with Gasteiger partial charge in [0, 0.05) is 47.4 Å². The van der Waals surface area contributed by atoms with Crippen molar-refractivity contribution in [2.75, 3.05) is 20.1 Å². The van der Waals surface area contributed by atoms with Crippen molar-refractivity contribution < 1.29 is 0 Å². The average Bonchev–Trinajstić information content (AvgIpc) is 2.98. The largest absolute Gasteiger partial charge is 0.358 e. The highest BCUT2D eigenvalue weighted by molar-refractivity contribution is 6.31. The molecule has 0 amide bonds. The second-order valence-corrected chi connectivity index (χ2v) is 8.84. The molecule has 2 aliphatic heterocycles. The zero-order valence-corrected chi connectivity index (χ0v) is 19.5. The first-order valence-electron chi connectivity index (χ1n) is 10.7. The first-order chi connectivity index (χ1) is 16.0. The molecule has 0 bridgehead atoms. The zero-order valence-electron chi connectivity index (χ0n) is 18.0. The van der Waals surface area contributed by atoms with Gasteiger partial charge in [-0.25, -0.2) is 14.5 Å². The minimum absolute atomic E-state index is 0.237. The number of fused-ring (bicyclic) bond motifs is 1. The summed E-state index contributed by atoms with van der Waals surface area (Å²) in [5.74, 6) is 1.94. The van der Waals surface area contributed by atoms with Gasteiger partial charge >= 0.3 is 0 Å². The molecule has 0 fully saturated rings. The third-order valence-electron chi connectivity index (χ3n) is 5.67. The second kappa shape index (κ2) is 8.96. The average molecular weight is 478 g/mol. The van der Waals surface area contributed by atoms with Crippen LogP contribution in [0.3, 0.4) is 0 Å². The fourth-order valence-electron chi connectivity index (χ4n) is 4.01. The van der Waals surface area contributed by atoms with Crippen LogP contribution in [0.15, 0.2) is 86.2 Å². The molecule has 3 heterocycles. The van der Waals surface area contributed by atoms with Crippen LogP contribution in [0.5, 0.6) is 0 Å². The highest BCUT2D eigenvalue weighted by Crippen LogP contribution is 2.24. The maximum Gasteiger partial charge on any atom is 0.267 e. The molecule has 0 N–H and O–H groups in total. The summed E-state index contributed by atoms with van der Waals surface area (Å²) in [7, 11) is 2.04.